The first-order chi connectivity index (χ1) is 17.7. The van der Waals surface area contributed by atoms with Crippen LogP contribution in [0.25, 0.3) is 6.08 Å². The van der Waals surface area contributed by atoms with Crippen LogP contribution in [0.1, 0.15) is 40.5 Å². The Hall–Kier alpha value is -3.27. The number of ether oxygens (including phenoxy) is 2. The normalized spacial score (nSPS) is 15.4. The van der Waals surface area contributed by atoms with Crippen LogP contribution in [0.5, 0.6) is 5.75 Å². The van der Waals surface area contributed by atoms with Gasteiger partial charge in [0, 0.05) is 30.1 Å². The number of nitrogens with zero attached hydrogens (tertiary/aromatic N) is 3. The number of amides is 1. The van der Waals surface area contributed by atoms with Gasteiger partial charge in [0.1, 0.15) is 17.2 Å². The average Bonchev–Trinajstić information content (AvgIpc) is 3.56. The van der Waals surface area contributed by atoms with Gasteiger partial charge in [0.2, 0.25) is 0 Å². The lowest BCUT2D eigenvalue weighted by Crippen LogP contribution is -2.30. The third-order valence-corrected chi connectivity index (χ3v) is 7.25. The van der Waals surface area contributed by atoms with Gasteiger partial charge in [-0.2, -0.15) is 0 Å². The number of benzene rings is 1. The largest absolute Gasteiger partial charge is 0.495 e. The van der Waals surface area contributed by atoms with E-state index in [0.29, 0.717) is 39.6 Å². The van der Waals surface area contributed by atoms with E-state index in [9.17, 15) is 9.59 Å². The number of aryl methyl sites for hydroxylation is 1. The molecule has 1 aromatic carbocycles. The van der Waals surface area contributed by atoms with Crippen molar-refractivity contribution in [2.45, 2.75) is 26.8 Å². The summed E-state index contributed by atoms with van der Waals surface area (Å²) >= 11 is 7.53. The summed E-state index contributed by atoms with van der Waals surface area (Å²) in [5, 5.41) is 0.730. The smallest absolute Gasteiger partial charge is 0.283 e. The maximum Gasteiger partial charge on any atom is 0.283 e. The van der Waals surface area contributed by atoms with Crippen LogP contribution < -0.4 is 9.64 Å². The third-order valence-electron chi connectivity index (χ3n) is 6.01. The fourth-order valence-corrected chi connectivity index (χ4v) is 5.53. The molecule has 0 N–H and O–H groups in total. The molecule has 2 aromatic heterocycles. The molecule has 0 bridgehead atoms. The fraction of sp³-hybridized carbons (Fsp3) is 0.296. The van der Waals surface area contributed by atoms with Gasteiger partial charge >= 0.3 is 0 Å². The van der Waals surface area contributed by atoms with Crippen LogP contribution in [-0.4, -0.2) is 48.0 Å². The standard InChI is InChI=1S/C27H28ClN3O5S/c1-16-11-21(18(3)30(16)17(2)14-34-4)24(32)15-37-27-29-23(13-20-7-6-10-36-20)26(33)31(27)19-8-9-25(35-5)22(28)12-19/h6-13,17H,14-15H2,1-5H3. The van der Waals surface area contributed by atoms with Crippen LogP contribution in [-0.2, 0) is 9.53 Å². The van der Waals surface area contributed by atoms with Gasteiger partial charge in [-0.05, 0) is 57.2 Å². The number of furan rings is 1. The Kier molecular flexibility index (Phi) is 8.26. The molecule has 0 radical (unpaired) electrons. The van der Waals surface area contributed by atoms with Crippen molar-refractivity contribution in [3.63, 3.8) is 0 Å². The van der Waals surface area contributed by atoms with Gasteiger partial charge in [-0.3, -0.25) is 14.5 Å². The molecule has 1 unspecified atom stereocenters. The van der Waals surface area contributed by atoms with Crippen LogP contribution >= 0.6 is 23.4 Å². The summed E-state index contributed by atoms with van der Waals surface area (Å²) in [5.41, 5.74) is 3.23. The predicted octanol–water partition coefficient (Wildman–Crippen LogP) is 5.93. The molecule has 3 heterocycles. The highest BCUT2D eigenvalue weighted by Gasteiger charge is 2.33. The van der Waals surface area contributed by atoms with E-state index in [0.717, 1.165) is 11.4 Å². The van der Waals surface area contributed by atoms with Crippen LogP contribution in [0.4, 0.5) is 5.69 Å². The minimum atomic E-state index is -0.348. The highest BCUT2D eigenvalue weighted by atomic mass is 35.5. The monoisotopic (exact) mass is 541 g/mol. The summed E-state index contributed by atoms with van der Waals surface area (Å²) in [6.45, 7) is 6.51. The molecule has 1 aliphatic rings. The van der Waals surface area contributed by atoms with Crippen LogP contribution in [0.2, 0.25) is 5.02 Å². The number of rotatable bonds is 9. The number of Topliss-reactive ketones (excluding diaryl/α,β-unsaturated/α-hetero) is 1. The van der Waals surface area contributed by atoms with Gasteiger partial charge in [0.15, 0.2) is 11.0 Å². The molecular weight excluding hydrogens is 514 g/mol. The minimum Gasteiger partial charge on any atom is -0.495 e. The van der Waals surface area contributed by atoms with Crippen molar-refractivity contribution in [2.24, 2.45) is 4.99 Å². The van der Waals surface area contributed by atoms with Crippen LogP contribution in [0.15, 0.2) is 57.8 Å². The first-order valence-electron chi connectivity index (χ1n) is 11.6. The quantitative estimate of drug-likeness (QED) is 0.246. The van der Waals surface area contributed by atoms with Gasteiger partial charge in [0.25, 0.3) is 5.91 Å². The van der Waals surface area contributed by atoms with E-state index in [4.69, 9.17) is 25.5 Å². The Morgan fingerprint density at radius 2 is 2.03 bits per heavy atom. The van der Waals surface area contributed by atoms with Crippen LogP contribution in [0, 0.1) is 13.8 Å². The number of thioether (sulfide) groups is 1. The summed E-state index contributed by atoms with van der Waals surface area (Å²) in [4.78, 5) is 32.6. The number of carbonyl (C=O) groups is 2. The van der Waals surface area contributed by atoms with Crippen molar-refractivity contribution >= 4 is 52.0 Å². The number of halogens is 1. The summed E-state index contributed by atoms with van der Waals surface area (Å²) in [7, 11) is 3.18. The van der Waals surface area contributed by atoms with Gasteiger partial charge in [-0.15, -0.1) is 0 Å². The molecule has 1 amide bonds. The maximum absolute atomic E-state index is 13.4. The first-order valence-corrected chi connectivity index (χ1v) is 13.0. The van der Waals surface area contributed by atoms with Crippen molar-refractivity contribution in [1.29, 1.82) is 0 Å². The zero-order valence-corrected chi connectivity index (χ0v) is 22.9. The Bertz CT molecular complexity index is 1380. The SMILES string of the molecule is COCC(C)n1c(C)cc(C(=O)CSC2=NC(=Cc3ccco3)C(=O)N2c2ccc(OC)c(Cl)c2)c1C. The van der Waals surface area contributed by atoms with Gasteiger partial charge < -0.3 is 18.5 Å². The Morgan fingerprint density at radius 3 is 2.68 bits per heavy atom. The molecule has 0 saturated carbocycles. The molecule has 37 heavy (non-hydrogen) atoms. The van der Waals surface area contributed by atoms with Crippen molar-refractivity contribution in [3.8, 4) is 5.75 Å². The second-order valence-corrected chi connectivity index (χ2v) is 9.92. The Labute approximate surface area is 224 Å². The van der Waals surface area contributed by atoms with E-state index in [1.165, 1.54) is 30.0 Å². The lowest BCUT2D eigenvalue weighted by molar-refractivity contribution is -0.113. The van der Waals surface area contributed by atoms with E-state index < -0.39 is 0 Å². The number of carbonyl (C=O) groups excluding carboxylic acids is 2. The fourth-order valence-electron chi connectivity index (χ4n) is 4.38. The molecule has 0 fully saturated rings. The Morgan fingerprint density at radius 1 is 1.24 bits per heavy atom. The molecule has 4 rings (SSSR count). The number of hydrogen-bond donors (Lipinski definition) is 0. The zero-order valence-electron chi connectivity index (χ0n) is 21.3. The van der Waals surface area contributed by atoms with Gasteiger partial charge in [0.05, 0.1) is 42.5 Å². The molecule has 10 heteroatoms. The van der Waals surface area contributed by atoms with E-state index in [1.54, 1.807) is 43.5 Å². The lowest BCUT2D eigenvalue weighted by Gasteiger charge is -2.19. The molecule has 0 spiro atoms. The second kappa shape index (κ2) is 11.4. The van der Waals surface area contributed by atoms with E-state index in [2.05, 4.69) is 16.5 Å². The topological polar surface area (TPSA) is 86.3 Å². The number of amidine groups is 1. The average molecular weight is 542 g/mol. The van der Waals surface area contributed by atoms with Crippen molar-refractivity contribution in [1.82, 2.24) is 4.57 Å². The molecule has 1 atom stereocenters. The molecular formula is C27H28ClN3O5S. The Balaban J connectivity index is 1.62. The number of methoxy groups -OCH3 is 2. The van der Waals surface area contributed by atoms with Crippen molar-refractivity contribution in [2.75, 3.05) is 31.5 Å². The first kappa shape index (κ1) is 26.8. The van der Waals surface area contributed by atoms with Crippen molar-refractivity contribution < 1.29 is 23.5 Å². The minimum absolute atomic E-state index is 0.0553. The number of hydrogen-bond acceptors (Lipinski definition) is 7. The maximum atomic E-state index is 13.4. The highest BCUT2D eigenvalue weighted by molar-refractivity contribution is 8.14. The third kappa shape index (κ3) is 5.53. The molecule has 3 aromatic rings. The molecule has 0 saturated heterocycles. The molecule has 194 valence electrons. The molecule has 0 aliphatic carbocycles. The summed E-state index contributed by atoms with van der Waals surface area (Å²) in [6, 6.07) is 10.5. The predicted molar refractivity (Wildman–Crippen MR) is 147 cm³/mol. The van der Waals surface area contributed by atoms with Gasteiger partial charge in [-0.25, -0.2) is 4.99 Å². The molecule has 1 aliphatic heterocycles. The van der Waals surface area contributed by atoms with E-state index in [1.807, 2.05) is 19.9 Å². The second-order valence-electron chi connectivity index (χ2n) is 8.57. The molecule has 8 nitrogen and oxygen atoms in total. The summed E-state index contributed by atoms with van der Waals surface area (Å²) < 4.78 is 18.0. The lowest BCUT2D eigenvalue weighted by atomic mass is 10.2. The van der Waals surface area contributed by atoms with E-state index in [-0.39, 0.29) is 29.2 Å². The zero-order chi connectivity index (χ0) is 26.7. The number of anilines is 1. The number of aliphatic imine (C=N–C) groups is 1. The summed E-state index contributed by atoms with van der Waals surface area (Å²) in [6.07, 6.45) is 3.09. The number of ketones is 1. The summed E-state index contributed by atoms with van der Waals surface area (Å²) in [5.74, 6) is 0.686. The number of aromatic nitrogens is 1. The van der Waals surface area contributed by atoms with Gasteiger partial charge in [-0.1, -0.05) is 23.4 Å². The van der Waals surface area contributed by atoms with E-state index >= 15 is 0 Å². The van der Waals surface area contributed by atoms with Crippen LogP contribution in [0.3, 0.4) is 0 Å². The highest BCUT2D eigenvalue weighted by Crippen LogP contribution is 2.35. The van der Waals surface area contributed by atoms with Crippen molar-refractivity contribution in [3.05, 3.63) is 76.1 Å².